The van der Waals surface area contributed by atoms with Crippen molar-refractivity contribution in [1.82, 2.24) is 4.98 Å². The zero-order valence-electron chi connectivity index (χ0n) is 18.9. The normalized spacial score (nSPS) is 13.9. The van der Waals surface area contributed by atoms with E-state index in [4.69, 9.17) is 19.3 Å². The summed E-state index contributed by atoms with van der Waals surface area (Å²) in [4.78, 5) is 26.5. The standard InChI is InChI=1S/C26H22N2O7/c1-33-21-10-11-27-19(21)13-17-25-15(4-3-5-18(25)28-26(17)32)6-8-20(29)16-7-9-22(23(12-16)34-2)35-14-24(30)31/h3-5,7,9-13,20,27,29H,14H2,1-2H3,(H,28,32)(H,30,31). The van der Waals surface area contributed by atoms with Crippen LogP contribution in [-0.2, 0) is 9.59 Å². The number of H-pyrrole nitrogens is 1. The van der Waals surface area contributed by atoms with Gasteiger partial charge in [0.15, 0.2) is 18.1 Å². The number of hydrogen-bond acceptors (Lipinski definition) is 6. The van der Waals surface area contributed by atoms with Crippen LogP contribution in [-0.4, -0.2) is 47.9 Å². The molecule has 0 spiro atoms. The van der Waals surface area contributed by atoms with E-state index in [0.717, 1.165) is 0 Å². The summed E-state index contributed by atoms with van der Waals surface area (Å²) >= 11 is 0. The lowest BCUT2D eigenvalue weighted by Crippen LogP contribution is -2.10. The number of hydrogen-bond donors (Lipinski definition) is 4. The van der Waals surface area contributed by atoms with Gasteiger partial charge in [-0.15, -0.1) is 0 Å². The number of benzene rings is 2. The van der Waals surface area contributed by atoms with E-state index < -0.39 is 18.7 Å². The van der Waals surface area contributed by atoms with Gasteiger partial charge >= 0.3 is 5.97 Å². The minimum atomic E-state index is -1.17. The predicted molar refractivity (Wildman–Crippen MR) is 128 cm³/mol. The molecule has 0 aliphatic carbocycles. The van der Waals surface area contributed by atoms with Crippen molar-refractivity contribution in [2.75, 3.05) is 26.1 Å². The fourth-order valence-corrected chi connectivity index (χ4v) is 3.64. The van der Waals surface area contributed by atoms with Crippen molar-refractivity contribution in [3.05, 3.63) is 71.0 Å². The van der Waals surface area contributed by atoms with Gasteiger partial charge in [0, 0.05) is 17.3 Å². The molecule has 9 heteroatoms. The molecule has 1 unspecified atom stereocenters. The number of carboxylic acids is 1. The van der Waals surface area contributed by atoms with Crippen LogP contribution < -0.4 is 19.5 Å². The van der Waals surface area contributed by atoms with Gasteiger partial charge in [-0.3, -0.25) is 4.79 Å². The Bertz CT molecular complexity index is 1380. The highest BCUT2D eigenvalue weighted by Crippen LogP contribution is 2.36. The number of aromatic amines is 1. The van der Waals surface area contributed by atoms with Crippen LogP contribution in [0.2, 0.25) is 0 Å². The lowest BCUT2D eigenvalue weighted by atomic mass is 9.99. The van der Waals surface area contributed by atoms with Crippen molar-refractivity contribution >= 4 is 29.2 Å². The second-order valence-corrected chi connectivity index (χ2v) is 7.46. The van der Waals surface area contributed by atoms with E-state index in [1.807, 2.05) is 0 Å². The molecule has 9 nitrogen and oxygen atoms in total. The molecule has 2 aromatic carbocycles. The Morgan fingerprint density at radius 2 is 1.91 bits per heavy atom. The van der Waals surface area contributed by atoms with Crippen LogP contribution in [0.5, 0.6) is 17.2 Å². The highest BCUT2D eigenvalue weighted by atomic mass is 16.5. The number of fused-ring (bicyclic) bond motifs is 1. The number of anilines is 1. The van der Waals surface area contributed by atoms with Gasteiger partial charge in [-0.25, -0.2) is 4.79 Å². The second-order valence-electron chi connectivity index (χ2n) is 7.46. The monoisotopic (exact) mass is 474 g/mol. The minimum absolute atomic E-state index is 0.235. The van der Waals surface area contributed by atoms with E-state index >= 15 is 0 Å². The van der Waals surface area contributed by atoms with Gasteiger partial charge in [0.2, 0.25) is 0 Å². The lowest BCUT2D eigenvalue weighted by Gasteiger charge is -2.12. The van der Waals surface area contributed by atoms with E-state index in [9.17, 15) is 14.7 Å². The molecular weight excluding hydrogens is 452 g/mol. The van der Waals surface area contributed by atoms with Crippen LogP contribution in [0.15, 0.2) is 48.7 Å². The van der Waals surface area contributed by atoms with Crippen molar-refractivity contribution in [1.29, 1.82) is 0 Å². The molecule has 1 atom stereocenters. The SMILES string of the molecule is COc1cc(C(O)C#Cc2cccc3c2C(=Cc2[nH]ccc2OC)C(=O)N3)ccc1OCC(=O)O. The van der Waals surface area contributed by atoms with Crippen molar-refractivity contribution in [3.8, 4) is 29.1 Å². The Labute approximate surface area is 201 Å². The first-order chi connectivity index (χ1) is 16.9. The first-order valence-electron chi connectivity index (χ1n) is 10.5. The molecule has 35 heavy (non-hydrogen) atoms. The molecule has 1 amide bonds. The van der Waals surface area contributed by atoms with Crippen LogP contribution in [0.25, 0.3) is 11.6 Å². The molecule has 0 bridgehead atoms. The number of nitrogens with one attached hydrogen (secondary N) is 2. The van der Waals surface area contributed by atoms with Crippen LogP contribution in [0.1, 0.15) is 28.5 Å². The maximum atomic E-state index is 12.7. The first kappa shape index (κ1) is 23.5. The Morgan fingerprint density at radius 3 is 2.66 bits per heavy atom. The third-order valence-corrected chi connectivity index (χ3v) is 5.27. The largest absolute Gasteiger partial charge is 0.495 e. The molecule has 4 N–H and O–H groups in total. The zero-order chi connectivity index (χ0) is 24.9. The van der Waals surface area contributed by atoms with E-state index in [-0.39, 0.29) is 17.4 Å². The zero-order valence-corrected chi connectivity index (χ0v) is 18.9. The molecule has 0 saturated carbocycles. The average molecular weight is 474 g/mol. The fraction of sp³-hybridized carbons (Fsp3) is 0.154. The van der Waals surface area contributed by atoms with Crippen molar-refractivity contribution in [3.63, 3.8) is 0 Å². The first-order valence-corrected chi connectivity index (χ1v) is 10.5. The number of methoxy groups -OCH3 is 2. The molecule has 0 saturated heterocycles. The van der Waals surface area contributed by atoms with Crippen LogP contribution in [0.4, 0.5) is 5.69 Å². The van der Waals surface area contributed by atoms with E-state index in [0.29, 0.717) is 39.4 Å². The molecule has 1 aromatic heterocycles. The summed E-state index contributed by atoms with van der Waals surface area (Å²) in [6.45, 7) is -0.520. The van der Waals surface area contributed by atoms with Crippen molar-refractivity contribution < 1.29 is 34.0 Å². The van der Waals surface area contributed by atoms with Crippen LogP contribution in [0, 0.1) is 11.8 Å². The number of aliphatic hydroxyl groups is 1. The van der Waals surface area contributed by atoms with E-state index in [2.05, 4.69) is 22.1 Å². The van der Waals surface area contributed by atoms with Gasteiger partial charge in [-0.2, -0.15) is 0 Å². The van der Waals surface area contributed by atoms with E-state index in [1.165, 1.54) is 19.2 Å². The maximum Gasteiger partial charge on any atom is 0.341 e. The minimum Gasteiger partial charge on any atom is -0.495 e. The quantitative estimate of drug-likeness (QED) is 0.306. The number of aliphatic hydroxyl groups excluding tert-OH is 1. The fourth-order valence-electron chi connectivity index (χ4n) is 3.64. The van der Waals surface area contributed by atoms with Crippen LogP contribution in [0.3, 0.4) is 0 Å². The Morgan fingerprint density at radius 1 is 1.11 bits per heavy atom. The number of carboxylic acid groups (broad SMARTS) is 1. The number of amides is 1. The summed E-state index contributed by atoms with van der Waals surface area (Å²) in [7, 11) is 2.96. The summed E-state index contributed by atoms with van der Waals surface area (Å²) in [5.74, 6) is 5.48. The van der Waals surface area contributed by atoms with Gasteiger partial charge in [-0.05, 0) is 42.0 Å². The number of ether oxygens (including phenoxy) is 3. The molecule has 1 aliphatic heterocycles. The van der Waals surface area contributed by atoms with E-state index in [1.54, 1.807) is 49.7 Å². The average Bonchev–Trinajstić information content (AvgIpc) is 3.44. The summed E-state index contributed by atoms with van der Waals surface area (Å²) in [6, 6.07) is 11.7. The smallest absolute Gasteiger partial charge is 0.341 e. The number of aromatic nitrogens is 1. The van der Waals surface area contributed by atoms with Gasteiger partial charge in [0.25, 0.3) is 5.91 Å². The van der Waals surface area contributed by atoms with Gasteiger partial charge < -0.3 is 34.7 Å². The summed E-state index contributed by atoms with van der Waals surface area (Å²) in [5, 5.41) is 22.3. The summed E-state index contributed by atoms with van der Waals surface area (Å²) < 4.78 is 15.7. The van der Waals surface area contributed by atoms with Crippen molar-refractivity contribution in [2.45, 2.75) is 6.10 Å². The Kier molecular flexibility index (Phi) is 6.76. The Hall–Kier alpha value is -4.68. The lowest BCUT2D eigenvalue weighted by molar-refractivity contribution is -0.139. The highest BCUT2D eigenvalue weighted by molar-refractivity contribution is 6.35. The van der Waals surface area contributed by atoms with Crippen LogP contribution >= 0.6 is 0 Å². The van der Waals surface area contributed by atoms with Gasteiger partial charge in [0.05, 0.1) is 31.2 Å². The molecule has 0 fully saturated rings. The molecule has 0 radical (unpaired) electrons. The molecule has 3 aromatic rings. The number of aliphatic carboxylic acids is 1. The summed E-state index contributed by atoms with van der Waals surface area (Å²) in [5.41, 5.74) is 3.31. The van der Waals surface area contributed by atoms with Gasteiger partial charge in [0.1, 0.15) is 11.9 Å². The molecule has 2 heterocycles. The van der Waals surface area contributed by atoms with Crippen molar-refractivity contribution in [2.24, 2.45) is 0 Å². The third-order valence-electron chi connectivity index (χ3n) is 5.27. The third kappa shape index (κ3) is 4.98. The maximum absolute atomic E-state index is 12.7. The number of carbonyl (C=O) groups is 2. The summed E-state index contributed by atoms with van der Waals surface area (Å²) in [6.07, 6.45) is 2.24. The number of carbonyl (C=O) groups excluding carboxylic acids is 1. The van der Waals surface area contributed by atoms with Gasteiger partial charge in [-0.1, -0.05) is 24.0 Å². The Balaban J connectivity index is 1.65. The molecule has 178 valence electrons. The topological polar surface area (TPSA) is 130 Å². The second kappa shape index (κ2) is 10.1. The highest BCUT2D eigenvalue weighted by Gasteiger charge is 2.27. The molecule has 4 rings (SSSR count). The molecular formula is C26H22N2O7. The molecule has 1 aliphatic rings. The predicted octanol–water partition coefficient (Wildman–Crippen LogP) is 3.07. The number of rotatable bonds is 7.